The zero-order valence-electron chi connectivity index (χ0n) is 9.48. The van der Waals surface area contributed by atoms with Crippen molar-refractivity contribution in [3.8, 4) is 0 Å². The zero-order chi connectivity index (χ0) is 11.1. The van der Waals surface area contributed by atoms with Crippen molar-refractivity contribution in [1.29, 1.82) is 0 Å². The van der Waals surface area contributed by atoms with E-state index in [0.29, 0.717) is 5.92 Å². The van der Waals surface area contributed by atoms with Gasteiger partial charge >= 0.3 is 0 Å². The van der Waals surface area contributed by atoms with Crippen molar-refractivity contribution in [3.63, 3.8) is 0 Å². The molecule has 4 heteroatoms. The maximum Gasteiger partial charge on any atom is 0.0591 e. The molecule has 1 N–H and O–H groups in total. The van der Waals surface area contributed by atoms with E-state index in [4.69, 9.17) is 9.47 Å². The molecular weight excluding hydrogens is 222 g/mol. The molecule has 1 aromatic heterocycles. The van der Waals surface area contributed by atoms with Gasteiger partial charge in [0.1, 0.15) is 0 Å². The smallest absolute Gasteiger partial charge is 0.0591 e. The largest absolute Gasteiger partial charge is 0.381 e. The molecule has 1 atom stereocenters. The van der Waals surface area contributed by atoms with E-state index in [-0.39, 0.29) is 0 Å². The first kappa shape index (κ1) is 12.0. The first-order chi connectivity index (χ1) is 7.95. The highest BCUT2D eigenvalue weighted by Gasteiger charge is 2.14. The quantitative estimate of drug-likeness (QED) is 0.740. The Balaban J connectivity index is 1.43. The molecule has 0 saturated carbocycles. The maximum atomic E-state index is 5.60. The van der Waals surface area contributed by atoms with Gasteiger partial charge in [-0.2, -0.15) is 0 Å². The highest BCUT2D eigenvalue weighted by atomic mass is 32.1. The molecule has 0 bridgehead atoms. The lowest BCUT2D eigenvalue weighted by atomic mass is 10.1. The average molecular weight is 241 g/mol. The summed E-state index contributed by atoms with van der Waals surface area (Å²) in [5.41, 5.74) is 0. The SMILES string of the molecule is c1csc(CNCCOCC2CCOC2)c1. The van der Waals surface area contributed by atoms with Crippen molar-refractivity contribution in [2.45, 2.75) is 13.0 Å². The van der Waals surface area contributed by atoms with Crippen molar-refractivity contribution >= 4 is 11.3 Å². The predicted molar refractivity (Wildman–Crippen MR) is 65.8 cm³/mol. The number of thiophene rings is 1. The number of ether oxygens (including phenoxy) is 2. The number of nitrogens with one attached hydrogen (secondary N) is 1. The van der Waals surface area contributed by atoms with Gasteiger partial charge in [-0.1, -0.05) is 6.07 Å². The van der Waals surface area contributed by atoms with Crippen LogP contribution in [0.2, 0.25) is 0 Å². The molecule has 1 aliphatic heterocycles. The molecule has 1 saturated heterocycles. The fourth-order valence-electron chi connectivity index (χ4n) is 1.73. The van der Waals surface area contributed by atoms with Crippen LogP contribution in [-0.2, 0) is 16.0 Å². The normalized spacial score (nSPS) is 20.4. The Labute approximate surface area is 101 Å². The molecule has 1 unspecified atom stereocenters. The summed E-state index contributed by atoms with van der Waals surface area (Å²) in [6.07, 6.45) is 1.16. The number of hydrogen-bond donors (Lipinski definition) is 1. The molecule has 0 spiro atoms. The van der Waals surface area contributed by atoms with Gasteiger partial charge in [-0.3, -0.25) is 0 Å². The summed E-state index contributed by atoms with van der Waals surface area (Å²) in [5, 5.41) is 5.47. The number of hydrogen-bond acceptors (Lipinski definition) is 4. The van der Waals surface area contributed by atoms with Gasteiger partial charge in [-0.05, 0) is 17.9 Å². The van der Waals surface area contributed by atoms with Gasteiger partial charge < -0.3 is 14.8 Å². The highest BCUT2D eigenvalue weighted by molar-refractivity contribution is 7.09. The van der Waals surface area contributed by atoms with Gasteiger partial charge in [0.05, 0.1) is 19.8 Å². The lowest BCUT2D eigenvalue weighted by Crippen LogP contribution is -2.20. The molecule has 90 valence electrons. The molecule has 2 heterocycles. The van der Waals surface area contributed by atoms with Crippen LogP contribution < -0.4 is 5.32 Å². The summed E-state index contributed by atoms with van der Waals surface area (Å²) in [5.74, 6) is 0.622. The Hall–Kier alpha value is -0.420. The van der Waals surface area contributed by atoms with Crippen LogP contribution in [0.4, 0.5) is 0 Å². The van der Waals surface area contributed by atoms with E-state index in [1.807, 2.05) is 0 Å². The minimum absolute atomic E-state index is 0.622. The van der Waals surface area contributed by atoms with Crippen LogP contribution in [0.15, 0.2) is 17.5 Å². The minimum atomic E-state index is 0.622. The van der Waals surface area contributed by atoms with Gasteiger partial charge in [0.2, 0.25) is 0 Å². The molecule has 1 aromatic rings. The second kappa shape index (κ2) is 7.01. The van der Waals surface area contributed by atoms with Crippen molar-refractivity contribution < 1.29 is 9.47 Å². The molecule has 0 aromatic carbocycles. The van der Waals surface area contributed by atoms with Crippen LogP contribution in [0.5, 0.6) is 0 Å². The third-order valence-electron chi connectivity index (χ3n) is 2.68. The van der Waals surface area contributed by atoms with Crippen LogP contribution in [0.3, 0.4) is 0 Å². The van der Waals surface area contributed by atoms with Crippen LogP contribution in [0.25, 0.3) is 0 Å². The van der Waals surface area contributed by atoms with Crippen molar-refractivity contribution in [2.75, 3.05) is 33.0 Å². The predicted octanol–water partition coefficient (Wildman–Crippen LogP) is 1.89. The van der Waals surface area contributed by atoms with E-state index < -0.39 is 0 Å². The van der Waals surface area contributed by atoms with Crippen LogP contribution >= 0.6 is 11.3 Å². The van der Waals surface area contributed by atoms with Crippen molar-refractivity contribution in [3.05, 3.63) is 22.4 Å². The summed E-state index contributed by atoms with van der Waals surface area (Å²) in [7, 11) is 0. The third-order valence-corrected chi connectivity index (χ3v) is 3.56. The average Bonchev–Trinajstić information content (AvgIpc) is 2.96. The molecule has 0 aliphatic carbocycles. The lowest BCUT2D eigenvalue weighted by molar-refractivity contribution is 0.0913. The molecule has 1 fully saturated rings. The fourth-order valence-corrected chi connectivity index (χ4v) is 2.41. The zero-order valence-corrected chi connectivity index (χ0v) is 10.3. The topological polar surface area (TPSA) is 30.5 Å². The van der Waals surface area contributed by atoms with Gasteiger partial charge in [0.25, 0.3) is 0 Å². The summed E-state index contributed by atoms with van der Waals surface area (Å²) in [6.45, 7) is 5.30. The highest BCUT2D eigenvalue weighted by Crippen LogP contribution is 2.12. The van der Waals surface area contributed by atoms with E-state index in [1.165, 1.54) is 4.88 Å². The van der Waals surface area contributed by atoms with Crippen LogP contribution in [-0.4, -0.2) is 33.0 Å². The standard InChI is InChI=1S/C12H19NO2S/c1-2-12(16-7-1)8-13-4-6-15-10-11-3-5-14-9-11/h1-2,7,11,13H,3-6,8-10H2. The van der Waals surface area contributed by atoms with Gasteiger partial charge in [-0.25, -0.2) is 0 Å². The molecule has 16 heavy (non-hydrogen) atoms. The minimum Gasteiger partial charge on any atom is -0.381 e. The monoisotopic (exact) mass is 241 g/mol. The number of rotatable bonds is 7. The first-order valence-electron chi connectivity index (χ1n) is 5.84. The second-order valence-corrected chi connectivity index (χ2v) is 5.09. The first-order valence-corrected chi connectivity index (χ1v) is 6.71. The Bertz CT molecular complexity index is 271. The van der Waals surface area contributed by atoms with Gasteiger partial charge in [0, 0.05) is 30.5 Å². The lowest BCUT2D eigenvalue weighted by Gasteiger charge is -2.08. The Morgan fingerprint density at radius 2 is 2.56 bits per heavy atom. The van der Waals surface area contributed by atoms with Crippen molar-refractivity contribution in [1.82, 2.24) is 5.32 Å². The molecular formula is C12H19NO2S. The molecule has 0 radical (unpaired) electrons. The molecule has 1 aliphatic rings. The Kier molecular flexibility index (Phi) is 5.28. The summed E-state index contributed by atoms with van der Waals surface area (Å²) in [6, 6.07) is 4.23. The van der Waals surface area contributed by atoms with E-state index >= 15 is 0 Å². The van der Waals surface area contributed by atoms with E-state index in [1.54, 1.807) is 11.3 Å². The third kappa shape index (κ3) is 4.22. The Morgan fingerprint density at radius 3 is 3.31 bits per heavy atom. The Morgan fingerprint density at radius 1 is 1.56 bits per heavy atom. The van der Waals surface area contributed by atoms with Crippen LogP contribution in [0.1, 0.15) is 11.3 Å². The summed E-state index contributed by atoms with van der Waals surface area (Å²) >= 11 is 1.79. The summed E-state index contributed by atoms with van der Waals surface area (Å²) < 4.78 is 10.9. The van der Waals surface area contributed by atoms with Crippen LogP contribution in [0, 0.1) is 5.92 Å². The molecule has 0 amide bonds. The van der Waals surface area contributed by atoms with E-state index in [0.717, 1.165) is 45.9 Å². The van der Waals surface area contributed by atoms with Gasteiger partial charge in [0.15, 0.2) is 0 Å². The molecule has 3 nitrogen and oxygen atoms in total. The fraction of sp³-hybridized carbons (Fsp3) is 0.667. The van der Waals surface area contributed by atoms with E-state index in [2.05, 4.69) is 22.8 Å². The maximum absolute atomic E-state index is 5.60. The summed E-state index contributed by atoms with van der Waals surface area (Å²) in [4.78, 5) is 1.38. The van der Waals surface area contributed by atoms with Gasteiger partial charge in [-0.15, -0.1) is 11.3 Å². The second-order valence-electron chi connectivity index (χ2n) is 4.06. The van der Waals surface area contributed by atoms with Crippen molar-refractivity contribution in [2.24, 2.45) is 5.92 Å². The molecule has 2 rings (SSSR count). The van der Waals surface area contributed by atoms with E-state index in [9.17, 15) is 0 Å².